The van der Waals surface area contributed by atoms with Gasteiger partial charge in [0.15, 0.2) is 6.04 Å². The van der Waals surface area contributed by atoms with Crippen LogP contribution in [0, 0.1) is 0 Å². The molecule has 106 valence electrons. The third-order valence-electron chi connectivity index (χ3n) is 3.42. The molecule has 1 heterocycles. The number of rotatable bonds is 3. The summed E-state index contributed by atoms with van der Waals surface area (Å²) in [7, 11) is 4.47. The normalized spacial score (nSPS) is 17.3. The Labute approximate surface area is 117 Å². The second-order valence-corrected chi connectivity index (χ2v) is 4.88. The van der Waals surface area contributed by atoms with Crippen LogP contribution in [0.5, 0.6) is 0 Å². The van der Waals surface area contributed by atoms with Crippen LogP contribution in [0.4, 0.5) is 4.79 Å². The second-order valence-electron chi connectivity index (χ2n) is 4.88. The molecule has 20 heavy (non-hydrogen) atoms. The van der Waals surface area contributed by atoms with Gasteiger partial charge in [0, 0.05) is 20.6 Å². The van der Waals surface area contributed by atoms with Crippen LogP contribution in [0.3, 0.4) is 0 Å². The summed E-state index contributed by atoms with van der Waals surface area (Å²) in [5.41, 5.74) is 0.998. The molecule has 0 unspecified atom stereocenters. The van der Waals surface area contributed by atoms with Gasteiger partial charge in [0.1, 0.15) is 0 Å². The van der Waals surface area contributed by atoms with Gasteiger partial charge in [-0.1, -0.05) is 30.3 Å². The molecule has 0 saturated carbocycles. The predicted octanol–water partition coefficient (Wildman–Crippen LogP) is 0.537. The van der Waals surface area contributed by atoms with Gasteiger partial charge < -0.3 is 0 Å². The monoisotopic (exact) mass is 275 g/mol. The van der Waals surface area contributed by atoms with Crippen molar-refractivity contribution in [2.24, 2.45) is 0 Å². The Hall–Kier alpha value is -2.21. The van der Waals surface area contributed by atoms with Gasteiger partial charge in [0.2, 0.25) is 0 Å². The van der Waals surface area contributed by atoms with E-state index in [-0.39, 0.29) is 0 Å². The van der Waals surface area contributed by atoms with Gasteiger partial charge in [-0.2, -0.15) is 0 Å². The number of imide groups is 2. The van der Waals surface area contributed by atoms with E-state index in [2.05, 4.69) is 0 Å². The van der Waals surface area contributed by atoms with Gasteiger partial charge in [0.25, 0.3) is 11.8 Å². The molecule has 1 aromatic carbocycles. The number of benzene rings is 1. The highest BCUT2D eigenvalue weighted by molar-refractivity contribution is 6.18. The zero-order valence-electron chi connectivity index (χ0n) is 11.7. The maximum atomic E-state index is 12.1. The van der Waals surface area contributed by atoms with E-state index < -0.39 is 23.9 Å². The van der Waals surface area contributed by atoms with Crippen LogP contribution in [0.15, 0.2) is 30.3 Å². The van der Waals surface area contributed by atoms with Crippen molar-refractivity contribution in [1.29, 1.82) is 0 Å². The van der Waals surface area contributed by atoms with Crippen molar-refractivity contribution in [3.05, 3.63) is 35.9 Å². The molecule has 1 saturated heterocycles. The Morgan fingerprint density at radius 3 is 2.00 bits per heavy atom. The van der Waals surface area contributed by atoms with Crippen LogP contribution in [0.1, 0.15) is 5.56 Å². The first-order valence-electron chi connectivity index (χ1n) is 6.26. The maximum absolute atomic E-state index is 12.1. The molecule has 0 bridgehead atoms. The minimum Gasteiger partial charge on any atom is -0.283 e. The molecule has 1 aliphatic rings. The molecule has 1 aliphatic heterocycles. The van der Waals surface area contributed by atoms with Crippen molar-refractivity contribution in [1.82, 2.24) is 14.7 Å². The highest BCUT2D eigenvalue weighted by atomic mass is 16.2. The topological polar surface area (TPSA) is 60.9 Å². The van der Waals surface area contributed by atoms with Crippen LogP contribution in [-0.2, 0) is 16.1 Å². The van der Waals surface area contributed by atoms with Gasteiger partial charge >= 0.3 is 6.03 Å². The summed E-state index contributed by atoms with van der Waals surface area (Å²) in [6.45, 7) is 0.457. The first kappa shape index (κ1) is 14.2. The SMILES string of the molecule is CN1C(=O)C(N(C)Cc2ccccc2)C(=O)N(C)C1=O. The summed E-state index contributed by atoms with van der Waals surface area (Å²) in [4.78, 5) is 39.6. The van der Waals surface area contributed by atoms with E-state index >= 15 is 0 Å². The van der Waals surface area contributed by atoms with Gasteiger partial charge in [0.05, 0.1) is 0 Å². The molecule has 0 aliphatic carbocycles. The third kappa shape index (κ3) is 2.42. The van der Waals surface area contributed by atoms with Gasteiger partial charge in [-0.25, -0.2) is 4.79 Å². The number of barbiturate groups is 1. The van der Waals surface area contributed by atoms with Crippen LogP contribution < -0.4 is 0 Å². The van der Waals surface area contributed by atoms with Gasteiger partial charge in [-0.3, -0.25) is 24.3 Å². The van der Waals surface area contributed by atoms with Crippen LogP contribution >= 0.6 is 0 Å². The van der Waals surface area contributed by atoms with Crippen molar-refractivity contribution >= 4 is 17.8 Å². The lowest BCUT2D eigenvalue weighted by atomic mass is 10.1. The van der Waals surface area contributed by atoms with E-state index in [1.165, 1.54) is 14.1 Å². The quantitative estimate of drug-likeness (QED) is 0.755. The highest BCUT2D eigenvalue weighted by Crippen LogP contribution is 2.16. The fraction of sp³-hybridized carbons (Fsp3) is 0.357. The predicted molar refractivity (Wildman–Crippen MR) is 72.6 cm³/mol. The summed E-state index contributed by atoms with van der Waals surface area (Å²) in [5.74, 6) is -0.979. The maximum Gasteiger partial charge on any atom is 0.332 e. The number of likely N-dealkylation sites (N-methyl/N-ethyl adjacent to an activating group) is 3. The van der Waals surface area contributed by atoms with Crippen molar-refractivity contribution in [2.75, 3.05) is 21.1 Å². The summed E-state index contributed by atoms with van der Waals surface area (Å²) in [5, 5.41) is 0. The third-order valence-corrected chi connectivity index (χ3v) is 3.42. The van der Waals surface area contributed by atoms with Crippen LogP contribution in [0.25, 0.3) is 0 Å². The highest BCUT2D eigenvalue weighted by Gasteiger charge is 2.44. The summed E-state index contributed by atoms with van der Waals surface area (Å²) in [6, 6.07) is 8.00. The molecule has 0 radical (unpaired) electrons. The zero-order valence-corrected chi connectivity index (χ0v) is 11.7. The first-order chi connectivity index (χ1) is 9.43. The van der Waals surface area contributed by atoms with E-state index in [9.17, 15) is 14.4 Å². The van der Waals surface area contributed by atoms with E-state index in [0.717, 1.165) is 15.4 Å². The van der Waals surface area contributed by atoms with Crippen molar-refractivity contribution in [3.63, 3.8) is 0 Å². The Bertz CT molecular complexity index is 520. The fourth-order valence-corrected chi connectivity index (χ4v) is 2.23. The van der Waals surface area contributed by atoms with Crippen molar-refractivity contribution in [3.8, 4) is 0 Å². The largest absolute Gasteiger partial charge is 0.332 e. The van der Waals surface area contributed by atoms with Crippen LogP contribution in [0.2, 0.25) is 0 Å². The van der Waals surface area contributed by atoms with E-state index in [0.29, 0.717) is 6.54 Å². The number of amides is 4. The molecule has 0 N–H and O–H groups in total. The lowest BCUT2D eigenvalue weighted by Crippen LogP contribution is -2.63. The molecule has 6 heteroatoms. The molecular weight excluding hydrogens is 258 g/mol. The Morgan fingerprint density at radius 1 is 1.00 bits per heavy atom. The number of urea groups is 1. The number of nitrogens with zero attached hydrogens (tertiary/aromatic N) is 3. The summed E-state index contributed by atoms with van der Waals surface area (Å²) >= 11 is 0. The lowest BCUT2D eigenvalue weighted by Gasteiger charge is -2.36. The summed E-state index contributed by atoms with van der Waals surface area (Å²) < 4.78 is 0. The van der Waals surface area contributed by atoms with Crippen molar-refractivity contribution in [2.45, 2.75) is 12.6 Å². The minimum absolute atomic E-state index is 0.457. The number of carbonyl (C=O) groups excluding carboxylic acids is 3. The molecule has 6 nitrogen and oxygen atoms in total. The first-order valence-corrected chi connectivity index (χ1v) is 6.26. The fourth-order valence-electron chi connectivity index (χ4n) is 2.23. The van der Waals surface area contributed by atoms with E-state index in [4.69, 9.17) is 0 Å². The van der Waals surface area contributed by atoms with E-state index in [1.807, 2.05) is 30.3 Å². The minimum atomic E-state index is -0.956. The zero-order chi connectivity index (χ0) is 14.9. The second kappa shape index (κ2) is 5.42. The standard InChI is InChI=1S/C14H17N3O3/c1-15(9-10-7-5-4-6-8-10)11-12(18)16(2)14(20)17(3)13(11)19/h4-8,11H,9H2,1-3H3. The number of hydrogen-bond acceptors (Lipinski definition) is 4. The van der Waals surface area contributed by atoms with Gasteiger partial charge in [-0.05, 0) is 12.6 Å². The molecule has 2 rings (SSSR count). The molecule has 0 atom stereocenters. The van der Waals surface area contributed by atoms with Crippen LogP contribution in [-0.4, -0.2) is 59.7 Å². The molecule has 1 fully saturated rings. The Morgan fingerprint density at radius 2 is 1.50 bits per heavy atom. The molecule has 0 aromatic heterocycles. The molecular formula is C14H17N3O3. The molecule has 1 aromatic rings. The van der Waals surface area contributed by atoms with E-state index in [1.54, 1.807) is 11.9 Å². The number of carbonyl (C=O) groups is 3. The summed E-state index contributed by atoms with van der Waals surface area (Å²) in [6.07, 6.45) is 0. The molecule has 0 spiro atoms. The average Bonchev–Trinajstić information content (AvgIpc) is 2.44. The Balaban J connectivity index is 2.20. The smallest absolute Gasteiger partial charge is 0.283 e. The number of hydrogen-bond donors (Lipinski definition) is 0. The van der Waals surface area contributed by atoms with Gasteiger partial charge in [-0.15, -0.1) is 0 Å². The lowest BCUT2D eigenvalue weighted by molar-refractivity contribution is -0.149. The molecule has 4 amide bonds. The van der Waals surface area contributed by atoms with Crippen molar-refractivity contribution < 1.29 is 14.4 Å². The average molecular weight is 275 g/mol. The Kier molecular flexibility index (Phi) is 3.85.